The molecule has 0 radical (unpaired) electrons. The number of benzene rings is 1. The molecule has 2 aromatic rings. The third-order valence-corrected chi connectivity index (χ3v) is 3.06. The normalized spacial score (nSPS) is 10.6. The molecule has 3 nitrogen and oxygen atoms in total. The van der Waals surface area contributed by atoms with Crippen molar-refractivity contribution in [3.05, 3.63) is 46.5 Å². The van der Waals surface area contributed by atoms with E-state index < -0.39 is 0 Å². The van der Waals surface area contributed by atoms with Crippen molar-refractivity contribution in [1.29, 1.82) is 0 Å². The molecule has 0 atom stereocenters. The second-order valence-electron chi connectivity index (χ2n) is 3.83. The van der Waals surface area contributed by atoms with Gasteiger partial charge in [0, 0.05) is 12.7 Å². The number of hydrogen-bond acceptors (Lipinski definition) is 2. The van der Waals surface area contributed by atoms with Gasteiger partial charge in [-0.1, -0.05) is 11.6 Å². The van der Waals surface area contributed by atoms with Crippen molar-refractivity contribution >= 4 is 17.3 Å². The summed E-state index contributed by atoms with van der Waals surface area (Å²) in [5.41, 5.74) is 2.57. The quantitative estimate of drug-likeness (QED) is 0.911. The molecule has 1 aromatic heterocycles. The van der Waals surface area contributed by atoms with Crippen LogP contribution in [-0.4, -0.2) is 9.78 Å². The lowest BCUT2D eigenvalue weighted by Crippen LogP contribution is -2.05. The Kier molecular flexibility index (Phi) is 3.33. The maximum atomic E-state index is 12.7. The van der Waals surface area contributed by atoms with Gasteiger partial charge in [0.1, 0.15) is 5.82 Å². The standard InChI is InChI=1S/C12H13ClFN3/c1-8-12(13)11(17(2)16-8)7-15-10-5-3-9(14)4-6-10/h3-6,15H,7H2,1-2H3. The Hall–Kier alpha value is -1.55. The summed E-state index contributed by atoms with van der Waals surface area (Å²) >= 11 is 6.12. The molecule has 0 amide bonds. The molecule has 2 rings (SSSR count). The Bertz CT molecular complexity index is 519. The van der Waals surface area contributed by atoms with E-state index in [-0.39, 0.29) is 5.82 Å². The van der Waals surface area contributed by atoms with Crippen molar-refractivity contribution in [2.75, 3.05) is 5.32 Å². The SMILES string of the molecule is Cc1nn(C)c(CNc2ccc(F)cc2)c1Cl. The highest BCUT2D eigenvalue weighted by Crippen LogP contribution is 2.20. The summed E-state index contributed by atoms with van der Waals surface area (Å²) in [5, 5.41) is 8.06. The van der Waals surface area contributed by atoms with Gasteiger partial charge in [-0.05, 0) is 31.2 Å². The average Bonchev–Trinajstić information content (AvgIpc) is 2.54. The molecule has 0 saturated heterocycles. The molecule has 5 heteroatoms. The first-order valence-corrected chi connectivity index (χ1v) is 5.63. The van der Waals surface area contributed by atoms with E-state index in [4.69, 9.17) is 11.6 Å². The van der Waals surface area contributed by atoms with Gasteiger partial charge in [0.15, 0.2) is 0 Å². The number of nitrogens with one attached hydrogen (secondary N) is 1. The van der Waals surface area contributed by atoms with Crippen molar-refractivity contribution in [3.63, 3.8) is 0 Å². The summed E-state index contributed by atoms with van der Waals surface area (Å²) in [7, 11) is 1.85. The molecule has 90 valence electrons. The van der Waals surface area contributed by atoms with Crippen molar-refractivity contribution in [2.24, 2.45) is 7.05 Å². The lowest BCUT2D eigenvalue weighted by Gasteiger charge is -2.07. The molecule has 0 unspecified atom stereocenters. The highest BCUT2D eigenvalue weighted by atomic mass is 35.5. The van der Waals surface area contributed by atoms with E-state index in [2.05, 4.69) is 10.4 Å². The van der Waals surface area contributed by atoms with Gasteiger partial charge in [-0.2, -0.15) is 5.10 Å². The van der Waals surface area contributed by atoms with Crippen LogP contribution in [0.25, 0.3) is 0 Å². The molecule has 17 heavy (non-hydrogen) atoms. The molecule has 1 heterocycles. The molecular weight excluding hydrogens is 241 g/mol. The maximum Gasteiger partial charge on any atom is 0.123 e. The van der Waals surface area contributed by atoms with Gasteiger partial charge in [0.25, 0.3) is 0 Å². The Morgan fingerprint density at radius 2 is 2.00 bits per heavy atom. The van der Waals surface area contributed by atoms with Crippen LogP contribution in [0.3, 0.4) is 0 Å². The van der Waals surface area contributed by atoms with Crippen LogP contribution in [0.15, 0.2) is 24.3 Å². The topological polar surface area (TPSA) is 29.9 Å². The fourth-order valence-electron chi connectivity index (χ4n) is 1.63. The highest BCUT2D eigenvalue weighted by Gasteiger charge is 2.10. The number of aromatic nitrogens is 2. The Morgan fingerprint density at radius 1 is 1.35 bits per heavy atom. The van der Waals surface area contributed by atoms with Crippen molar-refractivity contribution in [2.45, 2.75) is 13.5 Å². The van der Waals surface area contributed by atoms with Crippen LogP contribution in [0.1, 0.15) is 11.4 Å². The van der Waals surface area contributed by atoms with Crippen LogP contribution in [0.5, 0.6) is 0 Å². The lowest BCUT2D eigenvalue weighted by atomic mass is 10.3. The number of hydrogen-bond donors (Lipinski definition) is 1. The summed E-state index contributed by atoms with van der Waals surface area (Å²) in [6, 6.07) is 6.20. The van der Waals surface area contributed by atoms with Crippen LogP contribution >= 0.6 is 11.6 Å². The van der Waals surface area contributed by atoms with Crippen molar-refractivity contribution in [1.82, 2.24) is 9.78 Å². The predicted molar refractivity (Wildman–Crippen MR) is 66.7 cm³/mol. The van der Waals surface area contributed by atoms with Gasteiger partial charge in [-0.25, -0.2) is 4.39 Å². The average molecular weight is 254 g/mol. The zero-order valence-electron chi connectivity index (χ0n) is 9.67. The largest absolute Gasteiger partial charge is 0.379 e. The number of aryl methyl sites for hydroxylation is 2. The molecule has 0 aliphatic heterocycles. The van der Waals surface area contributed by atoms with Crippen molar-refractivity contribution in [3.8, 4) is 0 Å². The Morgan fingerprint density at radius 3 is 2.53 bits per heavy atom. The molecule has 1 N–H and O–H groups in total. The van der Waals surface area contributed by atoms with Gasteiger partial charge in [-0.3, -0.25) is 4.68 Å². The molecule has 0 saturated carbocycles. The minimum atomic E-state index is -0.245. The smallest absolute Gasteiger partial charge is 0.123 e. The van der Waals surface area contributed by atoms with Gasteiger partial charge in [0.05, 0.1) is 23.0 Å². The summed E-state index contributed by atoms with van der Waals surface area (Å²) in [6.45, 7) is 2.42. The van der Waals surface area contributed by atoms with Crippen LogP contribution in [-0.2, 0) is 13.6 Å². The van der Waals surface area contributed by atoms with Gasteiger partial charge >= 0.3 is 0 Å². The maximum absolute atomic E-state index is 12.7. The first-order chi connectivity index (χ1) is 8.08. The molecular formula is C12H13ClFN3. The van der Waals surface area contributed by atoms with E-state index >= 15 is 0 Å². The fraction of sp³-hybridized carbons (Fsp3) is 0.250. The second-order valence-corrected chi connectivity index (χ2v) is 4.21. The monoisotopic (exact) mass is 253 g/mol. The van der Waals surface area contributed by atoms with Crippen LogP contribution in [0, 0.1) is 12.7 Å². The van der Waals surface area contributed by atoms with E-state index in [1.165, 1.54) is 12.1 Å². The number of halogens is 2. The molecule has 0 fully saturated rings. The van der Waals surface area contributed by atoms with Crippen molar-refractivity contribution < 1.29 is 4.39 Å². The highest BCUT2D eigenvalue weighted by molar-refractivity contribution is 6.31. The third-order valence-electron chi connectivity index (χ3n) is 2.57. The summed E-state index contributed by atoms with van der Waals surface area (Å²) in [5.74, 6) is -0.245. The predicted octanol–water partition coefficient (Wildman–Crippen LogP) is 3.13. The van der Waals surface area contributed by atoms with E-state index in [1.807, 2.05) is 14.0 Å². The van der Waals surface area contributed by atoms with Crippen LogP contribution < -0.4 is 5.32 Å². The summed E-state index contributed by atoms with van der Waals surface area (Å²) < 4.78 is 14.5. The van der Waals surface area contributed by atoms with E-state index in [1.54, 1.807) is 16.8 Å². The minimum absolute atomic E-state index is 0.245. The first-order valence-electron chi connectivity index (χ1n) is 5.25. The Balaban J connectivity index is 2.09. The third kappa shape index (κ3) is 2.58. The first kappa shape index (κ1) is 11.9. The molecule has 0 aliphatic carbocycles. The van der Waals surface area contributed by atoms with E-state index in [0.29, 0.717) is 11.6 Å². The fourth-order valence-corrected chi connectivity index (χ4v) is 1.85. The van der Waals surface area contributed by atoms with Gasteiger partial charge in [0.2, 0.25) is 0 Å². The summed E-state index contributed by atoms with van der Waals surface area (Å²) in [6.07, 6.45) is 0. The van der Waals surface area contributed by atoms with E-state index in [9.17, 15) is 4.39 Å². The molecule has 0 bridgehead atoms. The van der Waals surface area contributed by atoms with Gasteiger partial charge in [-0.15, -0.1) is 0 Å². The molecule has 0 spiro atoms. The zero-order chi connectivity index (χ0) is 12.4. The van der Waals surface area contributed by atoms with Crippen LogP contribution in [0.2, 0.25) is 5.02 Å². The second kappa shape index (κ2) is 4.75. The Labute approximate surface area is 104 Å². The van der Waals surface area contributed by atoms with Gasteiger partial charge < -0.3 is 5.32 Å². The number of nitrogens with zero attached hydrogens (tertiary/aromatic N) is 2. The molecule has 1 aromatic carbocycles. The van der Waals surface area contributed by atoms with Crippen LogP contribution in [0.4, 0.5) is 10.1 Å². The number of anilines is 1. The zero-order valence-corrected chi connectivity index (χ0v) is 10.4. The number of rotatable bonds is 3. The molecule has 0 aliphatic rings. The summed E-state index contributed by atoms with van der Waals surface area (Å²) in [4.78, 5) is 0. The lowest BCUT2D eigenvalue weighted by molar-refractivity contribution is 0.628. The van der Waals surface area contributed by atoms with E-state index in [0.717, 1.165) is 17.1 Å². The minimum Gasteiger partial charge on any atom is -0.379 e.